The third-order valence-corrected chi connectivity index (χ3v) is 5.74. The molecule has 1 aliphatic rings. The number of hydrogen-bond acceptors (Lipinski definition) is 1. The average molecular weight is 380 g/mol. The van der Waals surface area contributed by atoms with Crippen LogP contribution in [0.5, 0.6) is 5.75 Å². The lowest BCUT2D eigenvalue weighted by Gasteiger charge is -2.23. The average Bonchev–Trinajstić information content (AvgIpc) is 2.47. The molecule has 1 unspecified atom stereocenters. The van der Waals surface area contributed by atoms with Gasteiger partial charge in [0.15, 0.2) is 0 Å². The monoisotopic (exact) mass is 378 g/mol. The Labute approximate surface area is 140 Å². The number of halogens is 3. The van der Waals surface area contributed by atoms with Gasteiger partial charge in [-0.3, -0.25) is 0 Å². The minimum absolute atomic E-state index is 0.264. The summed E-state index contributed by atoms with van der Waals surface area (Å²) in [6, 6.07) is 3.72. The van der Waals surface area contributed by atoms with Gasteiger partial charge in [-0.25, -0.2) is 0 Å². The van der Waals surface area contributed by atoms with Gasteiger partial charge in [-0.15, -0.1) is 0 Å². The van der Waals surface area contributed by atoms with E-state index in [2.05, 4.69) is 15.9 Å². The summed E-state index contributed by atoms with van der Waals surface area (Å²) in [5, 5.41) is 1.34. The summed E-state index contributed by atoms with van der Waals surface area (Å²) in [7, 11) is 1.60. The van der Waals surface area contributed by atoms with E-state index in [0.29, 0.717) is 10.8 Å². The van der Waals surface area contributed by atoms with Crippen molar-refractivity contribution in [3.63, 3.8) is 0 Å². The fraction of sp³-hybridized carbons (Fsp3) is 0.625. The van der Waals surface area contributed by atoms with Gasteiger partial charge in [-0.2, -0.15) is 0 Å². The molecule has 0 spiro atoms. The van der Waals surface area contributed by atoms with E-state index in [1.165, 1.54) is 38.5 Å². The molecule has 0 saturated heterocycles. The van der Waals surface area contributed by atoms with Crippen LogP contribution < -0.4 is 4.74 Å². The van der Waals surface area contributed by atoms with E-state index in [4.69, 9.17) is 27.9 Å². The van der Waals surface area contributed by atoms with Crippen molar-refractivity contribution >= 4 is 39.1 Å². The maximum Gasteiger partial charge on any atom is 0.138 e. The highest BCUT2D eigenvalue weighted by Crippen LogP contribution is 2.40. The third kappa shape index (κ3) is 4.29. The van der Waals surface area contributed by atoms with E-state index < -0.39 is 0 Å². The van der Waals surface area contributed by atoms with E-state index in [-0.39, 0.29) is 4.83 Å². The van der Waals surface area contributed by atoms with Crippen LogP contribution in [0, 0.1) is 5.92 Å². The van der Waals surface area contributed by atoms with Crippen LogP contribution in [0.25, 0.3) is 0 Å². The van der Waals surface area contributed by atoms with Crippen LogP contribution in [-0.2, 0) is 0 Å². The zero-order valence-corrected chi connectivity index (χ0v) is 14.9. The molecule has 1 nitrogen and oxygen atoms in total. The Morgan fingerprint density at radius 3 is 2.55 bits per heavy atom. The Morgan fingerprint density at radius 1 is 1.20 bits per heavy atom. The molecular weight excluding hydrogens is 359 g/mol. The Hall–Kier alpha value is 0.0800. The summed E-state index contributed by atoms with van der Waals surface area (Å²) in [5.74, 6) is 1.52. The second-order valence-corrected chi connectivity index (χ2v) is 7.48. The van der Waals surface area contributed by atoms with Crippen molar-refractivity contribution in [3.05, 3.63) is 27.7 Å². The van der Waals surface area contributed by atoms with Crippen molar-refractivity contribution in [3.8, 4) is 5.75 Å². The summed E-state index contributed by atoms with van der Waals surface area (Å²) in [5.41, 5.74) is 1.06. The van der Waals surface area contributed by atoms with Gasteiger partial charge in [0.2, 0.25) is 0 Å². The fourth-order valence-corrected chi connectivity index (χ4v) is 4.26. The molecule has 1 aromatic rings. The van der Waals surface area contributed by atoms with Crippen molar-refractivity contribution in [1.29, 1.82) is 0 Å². The van der Waals surface area contributed by atoms with E-state index >= 15 is 0 Å². The highest BCUT2D eigenvalue weighted by molar-refractivity contribution is 9.09. The van der Waals surface area contributed by atoms with Crippen molar-refractivity contribution < 1.29 is 4.74 Å². The van der Waals surface area contributed by atoms with E-state index in [1.807, 2.05) is 6.07 Å². The van der Waals surface area contributed by atoms with Crippen LogP contribution in [0.15, 0.2) is 12.1 Å². The Morgan fingerprint density at radius 2 is 1.90 bits per heavy atom. The van der Waals surface area contributed by atoms with Gasteiger partial charge < -0.3 is 4.74 Å². The van der Waals surface area contributed by atoms with Gasteiger partial charge in [0.05, 0.1) is 12.1 Å². The third-order valence-electron chi connectivity index (χ3n) is 4.16. The van der Waals surface area contributed by atoms with Crippen molar-refractivity contribution in [1.82, 2.24) is 0 Å². The van der Waals surface area contributed by atoms with Crippen LogP contribution in [0.1, 0.15) is 55.3 Å². The molecular formula is C16H21BrCl2O. The second kappa shape index (κ2) is 7.91. The first-order valence-corrected chi connectivity index (χ1v) is 8.96. The smallest absolute Gasteiger partial charge is 0.138 e. The van der Waals surface area contributed by atoms with Crippen LogP contribution in [0.3, 0.4) is 0 Å². The lowest BCUT2D eigenvalue weighted by molar-refractivity contribution is 0.332. The SMILES string of the molecule is COc1cc(Cl)c(C(Br)CCC2CCCCC2)cc1Cl. The minimum atomic E-state index is 0.264. The van der Waals surface area contributed by atoms with Crippen LogP contribution in [0.4, 0.5) is 0 Å². The Balaban J connectivity index is 1.97. The first kappa shape index (κ1) is 16.5. The molecule has 0 N–H and O–H groups in total. The van der Waals surface area contributed by atoms with Crippen LogP contribution in [-0.4, -0.2) is 7.11 Å². The number of benzene rings is 1. The molecule has 0 amide bonds. The quantitative estimate of drug-likeness (QED) is 0.511. The molecule has 1 aliphatic carbocycles. The van der Waals surface area contributed by atoms with Crippen molar-refractivity contribution in [2.24, 2.45) is 5.92 Å². The number of alkyl halides is 1. The standard InChI is InChI=1S/C16H21BrCl2O/c1-20-16-10-14(18)12(9-15(16)19)13(17)8-7-11-5-3-2-4-6-11/h9-11,13H,2-8H2,1H3. The lowest BCUT2D eigenvalue weighted by Crippen LogP contribution is -2.07. The molecule has 2 rings (SSSR count). The first-order chi connectivity index (χ1) is 9.61. The van der Waals surface area contributed by atoms with E-state index in [0.717, 1.165) is 22.9 Å². The topological polar surface area (TPSA) is 9.23 Å². The van der Waals surface area contributed by atoms with Gasteiger partial charge in [-0.05, 0) is 30.4 Å². The highest BCUT2D eigenvalue weighted by Gasteiger charge is 2.18. The van der Waals surface area contributed by atoms with E-state index in [9.17, 15) is 0 Å². The van der Waals surface area contributed by atoms with E-state index in [1.54, 1.807) is 13.2 Å². The summed E-state index contributed by atoms with van der Waals surface area (Å²) in [6.07, 6.45) is 9.34. The molecule has 0 aliphatic heterocycles. The maximum absolute atomic E-state index is 6.33. The lowest BCUT2D eigenvalue weighted by atomic mass is 9.85. The Bertz CT molecular complexity index is 444. The minimum Gasteiger partial charge on any atom is -0.495 e. The summed E-state index contributed by atoms with van der Waals surface area (Å²) < 4.78 is 5.18. The summed E-state index contributed by atoms with van der Waals surface area (Å²) >= 11 is 16.3. The maximum atomic E-state index is 6.33. The highest BCUT2D eigenvalue weighted by atomic mass is 79.9. The van der Waals surface area contributed by atoms with Crippen molar-refractivity contribution in [2.75, 3.05) is 7.11 Å². The molecule has 4 heteroatoms. The predicted octanol–water partition coefficient (Wildman–Crippen LogP) is 6.80. The number of methoxy groups -OCH3 is 1. The van der Waals surface area contributed by atoms with Gasteiger partial charge in [0, 0.05) is 15.9 Å². The molecule has 0 aromatic heterocycles. The van der Waals surface area contributed by atoms with Crippen LogP contribution >= 0.6 is 39.1 Å². The molecule has 1 fully saturated rings. The number of rotatable bonds is 5. The fourth-order valence-electron chi connectivity index (χ4n) is 2.95. The molecule has 20 heavy (non-hydrogen) atoms. The molecule has 1 aromatic carbocycles. The molecule has 0 radical (unpaired) electrons. The second-order valence-electron chi connectivity index (χ2n) is 5.56. The zero-order chi connectivity index (χ0) is 14.5. The summed E-state index contributed by atoms with van der Waals surface area (Å²) in [6.45, 7) is 0. The largest absolute Gasteiger partial charge is 0.495 e. The predicted molar refractivity (Wildman–Crippen MR) is 90.5 cm³/mol. The normalized spacial score (nSPS) is 18.0. The molecule has 1 atom stereocenters. The number of hydrogen-bond donors (Lipinski definition) is 0. The van der Waals surface area contributed by atoms with Crippen molar-refractivity contribution in [2.45, 2.75) is 49.8 Å². The van der Waals surface area contributed by atoms with Gasteiger partial charge in [-0.1, -0.05) is 71.2 Å². The van der Waals surface area contributed by atoms with Gasteiger partial charge in [0.25, 0.3) is 0 Å². The Kier molecular flexibility index (Phi) is 6.51. The molecule has 112 valence electrons. The molecule has 0 heterocycles. The van der Waals surface area contributed by atoms with Gasteiger partial charge >= 0.3 is 0 Å². The van der Waals surface area contributed by atoms with Gasteiger partial charge in [0.1, 0.15) is 5.75 Å². The molecule has 0 bridgehead atoms. The molecule has 1 saturated carbocycles. The number of ether oxygens (including phenoxy) is 1. The zero-order valence-electron chi connectivity index (χ0n) is 11.8. The first-order valence-electron chi connectivity index (χ1n) is 7.28. The van der Waals surface area contributed by atoms with Crippen LogP contribution in [0.2, 0.25) is 10.0 Å². The summed E-state index contributed by atoms with van der Waals surface area (Å²) in [4.78, 5) is 0.264.